The minimum absolute atomic E-state index is 0.133. The lowest BCUT2D eigenvalue weighted by Gasteiger charge is -2.31. The lowest BCUT2D eigenvalue weighted by molar-refractivity contribution is -0.130. The Bertz CT molecular complexity index is 1120. The molecule has 0 radical (unpaired) electrons. The quantitative estimate of drug-likeness (QED) is 0.654. The number of carbonyl (C=O) groups excluding carboxylic acids is 2. The van der Waals surface area contributed by atoms with Crippen LogP contribution in [0.15, 0.2) is 30.6 Å². The number of nitrogens with zero attached hydrogens (tertiary/aromatic N) is 5. The van der Waals surface area contributed by atoms with Gasteiger partial charge < -0.3 is 16.0 Å². The van der Waals surface area contributed by atoms with Crippen molar-refractivity contribution in [3.63, 3.8) is 0 Å². The van der Waals surface area contributed by atoms with Gasteiger partial charge >= 0.3 is 0 Å². The number of hydrogen-bond donors (Lipinski definition) is 2. The molecule has 1 aliphatic rings. The number of rotatable bonds is 5. The maximum atomic E-state index is 11.5. The minimum atomic E-state index is -0.133. The molecule has 3 heterocycles. The number of likely N-dealkylation sites (tertiary alicyclic amines) is 1. The van der Waals surface area contributed by atoms with Crippen molar-refractivity contribution in [3.8, 4) is 11.3 Å². The lowest BCUT2D eigenvalue weighted by Crippen LogP contribution is -2.37. The zero-order valence-electron chi connectivity index (χ0n) is 17.8. The molecule has 0 unspecified atom stereocenters. The van der Waals surface area contributed by atoms with Crippen LogP contribution < -0.4 is 11.1 Å². The predicted molar refractivity (Wildman–Crippen MR) is 119 cm³/mol. The molecule has 1 aliphatic heterocycles. The first kappa shape index (κ1) is 20.8. The van der Waals surface area contributed by atoms with E-state index in [1.165, 1.54) is 13.3 Å². The number of amides is 2. The lowest BCUT2D eigenvalue weighted by atomic mass is 9.93. The van der Waals surface area contributed by atoms with Gasteiger partial charge in [0.15, 0.2) is 5.65 Å². The second kappa shape index (κ2) is 8.71. The fraction of sp³-hybridized carbons (Fsp3) is 0.409. The average Bonchev–Trinajstić information content (AvgIpc) is 3.12. The summed E-state index contributed by atoms with van der Waals surface area (Å²) in [6, 6.07) is 7.50. The van der Waals surface area contributed by atoms with E-state index in [0.29, 0.717) is 40.7 Å². The van der Waals surface area contributed by atoms with Gasteiger partial charge in [0.05, 0.1) is 5.39 Å². The molecule has 31 heavy (non-hydrogen) atoms. The number of nitrogens with two attached hydrogens (primary N) is 1. The summed E-state index contributed by atoms with van der Waals surface area (Å²) in [5, 5.41) is 8.34. The van der Waals surface area contributed by atoms with Crippen molar-refractivity contribution in [2.45, 2.75) is 39.7 Å². The molecule has 2 amide bonds. The second-order valence-electron chi connectivity index (χ2n) is 8.03. The summed E-state index contributed by atoms with van der Waals surface area (Å²) in [6.07, 6.45) is 4.42. The highest BCUT2D eigenvalue weighted by atomic mass is 16.2. The van der Waals surface area contributed by atoms with E-state index in [-0.39, 0.29) is 11.8 Å². The highest BCUT2D eigenvalue weighted by molar-refractivity contribution is 5.99. The standard InChI is InChI=1S/C22H27N7O2/c1-14(30)26-18-5-3-4-17(12-18)20-19-21(23)24-13-25-22(19)29(27-20)11-8-16-6-9-28(10-7-16)15(2)31/h3-5,12-13,16H,6-11H2,1-2H3,(H,26,30)(H2,23,24,25). The fourth-order valence-electron chi connectivity index (χ4n) is 4.18. The minimum Gasteiger partial charge on any atom is -0.383 e. The molecule has 3 N–H and O–H groups in total. The van der Waals surface area contributed by atoms with Crippen molar-refractivity contribution < 1.29 is 9.59 Å². The second-order valence-corrected chi connectivity index (χ2v) is 8.03. The number of aryl methyl sites for hydroxylation is 1. The number of fused-ring (bicyclic) bond motifs is 1. The smallest absolute Gasteiger partial charge is 0.221 e. The summed E-state index contributed by atoms with van der Waals surface area (Å²) in [5.74, 6) is 0.938. The van der Waals surface area contributed by atoms with Crippen LogP contribution in [0.4, 0.5) is 11.5 Å². The van der Waals surface area contributed by atoms with Gasteiger partial charge in [0.25, 0.3) is 0 Å². The first-order valence-corrected chi connectivity index (χ1v) is 10.5. The van der Waals surface area contributed by atoms with Crippen LogP contribution in [0.3, 0.4) is 0 Å². The van der Waals surface area contributed by atoms with Crippen LogP contribution in [0, 0.1) is 5.92 Å². The summed E-state index contributed by atoms with van der Waals surface area (Å²) in [6.45, 7) is 5.45. The summed E-state index contributed by atoms with van der Waals surface area (Å²) in [7, 11) is 0. The summed E-state index contributed by atoms with van der Waals surface area (Å²) in [4.78, 5) is 33.5. The third-order valence-corrected chi connectivity index (χ3v) is 5.82. The number of aromatic nitrogens is 4. The molecule has 1 fully saturated rings. The molecule has 0 bridgehead atoms. The Hall–Kier alpha value is -3.49. The van der Waals surface area contributed by atoms with Crippen LogP contribution in [-0.4, -0.2) is 49.6 Å². The molecular weight excluding hydrogens is 394 g/mol. The molecule has 9 nitrogen and oxygen atoms in total. The Morgan fingerprint density at radius 1 is 1.19 bits per heavy atom. The monoisotopic (exact) mass is 421 g/mol. The average molecular weight is 422 g/mol. The molecule has 0 atom stereocenters. The van der Waals surface area contributed by atoms with Crippen molar-refractivity contribution in [3.05, 3.63) is 30.6 Å². The van der Waals surface area contributed by atoms with Gasteiger partial charge in [-0.15, -0.1) is 0 Å². The highest BCUT2D eigenvalue weighted by Crippen LogP contribution is 2.32. The Balaban J connectivity index is 1.59. The topological polar surface area (TPSA) is 119 Å². The van der Waals surface area contributed by atoms with Crippen molar-refractivity contribution >= 4 is 34.4 Å². The number of carbonyl (C=O) groups is 2. The van der Waals surface area contributed by atoms with E-state index in [9.17, 15) is 9.59 Å². The number of nitrogen functional groups attached to an aromatic ring is 1. The first-order chi connectivity index (χ1) is 14.9. The molecule has 162 valence electrons. The molecular formula is C22H27N7O2. The van der Waals surface area contributed by atoms with Gasteiger partial charge in [0.1, 0.15) is 17.8 Å². The number of nitrogens with one attached hydrogen (secondary N) is 1. The Morgan fingerprint density at radius 2 is 1.97 bits per heavy atom. The van der Waals surface area contributed by atoms with Crippen molar-refractivity contribution in [1.82, 2.24) is 24.6 Å². The van der Waals surface area contributed by atoms with E-state index in [1.807, 2.05) is 33.8 Å². The number of anilines is 2. The van der Waals surface area contributed by atoms with E-state index in [2.05, 4.69) is 15.3 Å². The van der Waals surface area contributed by atoms with Gasteiger partial charge in [-0.25, -0.2) is 14.6 Å². The van der Waals surface area contributed by atoms with Gasteiger partial charge in [-0.05, 0) is 37.3 Å². The van der Waals surface area contributed by atoms with Crippen molar-refractivity contribution in [1.29, 1.82) is 0 Å². The van der Waals surface area contributed by atoms with Crippen LogP contribution in [-0.2, 0) is 16.1 Å². The van der Waals surface area contributed by atoms with E-state index < -0.39 is 0 Å². The zero-order chi connectivity index (χ0) is 22.0. The molecule has 2 aromatic heterocycles. The fourth-order valence-corrected chi connectivity index (χ4v) is 4.18. The largest absolute Gasteiger partial charge is 0.383 e. The molecule has 0 saturated carbocycles. The molecule has 3 aromatic rings. The van der Waals surface area contributed by atoms with Crippen molar-refractivity contribution in [2.75, 3.05) is 24.1 Å². The van der Waals surface area contributed by atoms with E-state index in [0.717, 1.165) is 37.9 Å². The van der Waals surface area contributed by atoms with Crippen LogP contribution in [0.25, 0.3) is 22.3 Å². The van der Waals surface area contributed by atoms with E-state index in [4.69, 9.17) is 10.8 Å². The van der Waals surface area contributed by atoms with Gasteiger partial charge in [-0.2, -0.15) is 5.10 Å². The Kier molecular flexibility index (Phi) is 5.83. The predicted octanol–water partition coefficient (Wildman–Crippen LogP) is 2.68. The third-order valence-electron chi connectivity index (χ3n) is 5.82. The zero-order valence-corrected chi connectivity index (χ0v) is 17.8. The molecule has 4 rings (SSSR count). The van der Waals surface area contributed by atoms with Crippen molar-refractivity contribution in [2.24, 2.45) is 5.92 Å². The van der Waals surface area contributed by atoms with Gasteiger partial charge in [-0.1, -0.05) is 12.1 Å². The van der Waals surface area contributed by atoms with Crippen LogP contribution >= 0.6 is 0 Å². The molecule has 0 aliphatic carbocycles. The summed E-state index contributed by atoms with van der Waals surface area (Å²) < 4.78 is 1.89. The normalized spacial score (nSPS) is 14.7. The Morgan fingerprint density at radius 3 is 2.68 bits per heavy atom. The SMILES string of the molecule is CC(=O)Nc1cccc(-c2nn(CCC3CCN(C(C)=O)CC3)c3ncnc(N)c23)c1. The first-order valence-electron chi connectivity index (χ1n) is 10.5. The third kappa shape index (κ3) is 4.50. The van der Waals surface area contributed by atoms with E-state index in [1.54, 1.807) is 6.92 Å². The maximum Gasteiger partial charge on any atom is 0.221 e. The number of piperidine rings is 1. The molecule has 0 spiro atoms. The van der Waals surface area contributed by atoms with Gasteiger partial charge in [-0.3, -0.25) is 9.59 Å². The van der Waals surface area contributed by atoms with Crippen LogP contribution in [0.2, 0.25) is 0 Å². The van der Waals surface area contributed by atoms with Gasteiger partial charge in [0, 0.05) is 44.7 Å². The molecule has 9 heteroatoms. The number of benzene rings is 1. The highest BCUT2D eigenvalue weighted by Gasteiger charge is 2.22. The van der Waals surface area contributed by atoms with E-state index >= 15 is 0 Å². The molecule has 1 saturated heterocycles. The van der Waals surface area contributed by atoms with Gasteiger partial charge in [0.2, 0.25) is 11.8 Å². The summed E-state index contributed by atoms with van der Waals surface area (Å²) in [5.41, 5.74) is 9.13. The molecule has 1 aromatic carbocycles. The Labute approximate surface area is 180 Å². The number of hydrogen-bond acceptors (Lipinski definition) is 6. The van der Waals surface area contributed by atoms with Crippen LogP contribution in [0.5, 0.6) is 0 Å². The summed E-state index contributed by atoms with van der Waals surface area (Å²) >= 11 is 0. The maximum absolute atomic E-state index is 11.5. The van der Waals surface area contributed by atoms with Crippen LogP contribution in [0.1, 0.15) is 33.1 Å².